The lowest BCUT2D eigenvalue weighted by Crippen LogP contribution is -1.96. The van der Waals surface area contributed by atoms with Crippen LogP contribution < -0.4 is 4.74 Å². The van der Waals surface area contributed by atoms with Gasteiger partial charge in [-0.25, -0.2) is 9.97 Å². The van der Waals surface area contributed by atoms with Crippen LogP contribution in [0.1, 0.15) is 5.76 Å². The van der Waals surface area contributed by atoms with Gasteiger partial charge >= 0.3 is 0 Å². The van der Waals surface area contributed by atoms with E-state index in [4.69, 9.17) is 9.15 Å². The standard InChI is InChI=1S/C9H7BrN2O2/c10-8-4-9(12-6-11-8)14-5-7-2-1-3-13-7/h1-4,6H,5H2. The largest absolute Gasteiger partial charge is 0.469 e. The zero-order valence-corrected chi connectivity index (χ0v) is 8.77. The summed E-state index contributed by atoms with van der Waals surface area (Å²) in [4.78, 5) is 7.82. The first kappa shape index (κ1) is 9.21. The number of hydrogen-bond acceptors (Lipinski definition) is 4. The average molecular weight is 255 g/mol. The molecule has 2 aromatic rings. The number of rotatable bonds is 3. The fraction of sp³-hybridized carbons (Fsp3) is 0.111. The van der Waals surface area contributed by atoms with Gasteiger partial charge in [-0.2, -0.15) is 0 Å². The van der Waals surface area contributed by atoms with Gasteiger partial charge in [-0.15, -0.1) is 0 Å². The van der Waals surface area contributed by atoms with E-state index < -0.39 is 0 Å². The summed E-state index contributed by atoms with van der Waals surface area (Å²) in [5, 5.41) is 0. The molecule has 2 aromatic heterocycles. The van der Waals surface area contributed by atoms with Crippen molar-refractivity contribution in [2.24, 2.45) is 0 Å². The van der Waals surface area contributed by atoms with Crippen LogP contribution in [0.4, 0.5) is 0 Å². The molecule has 72 valence electrons. The Balaban J connectivity index is 1.98. The van der Waals surface area contributed by atoms with Gasteiger partial charge in [0, 0.05) is 6.07 Å². The molecule has 5 heteroatoms. The number of halogens is 1. The van der Waals surface area contributed by atoms with Crippen LogP contribution in [0.5, 0.6) is 5.88 Å². The first-order chi connectivity index (χ1) is 6.84. The Kier molecular flexibility index (Phi) is 2.78. The Hall–Kier alpha value is -1.36. The van der Waals surface area contributed by atoms with E-state index in [-0.39, 0.29) is 0 Å². The van der Waals surface area contributed by atoms with Gasteiger partial charge in [-0.05, 0) is 28.1 Å². The second-order valence-electron chi connectivity index (χ2n) is 2.55. The fourth-order valence-corrected chi connectivity index (χ4v) is 1.22. The van der Waals surface area contributed by atoms with Crippen LogP contribution in [-0.2, 0) is 6.61 Å². The third-order valence-corrected chi connectivity index (χ3v) is 1.98. The first-order valence-electron chi connectivity index (χ1n) is 3.97. The molecule has 14 heavy (non-hydrogen) atoms. The van der Waals surface area contributed by atoms with Crippen LogP contribution in [0.15, 0.2) is 39.8 Å². The second kappa shape index (κ2) is 4.23. The van der Waals surface area contributed by atoms with E-state index in [0.29, 0.717) is 17.1 Å². The van der Waals surface area contributed by atoms with E-state index in [9.17, 15) is 0 Å². The van der Waals surface area contributed by atoms with E-state index in [1.165, 1.54) is 6.33 Å². The Labute approximate surface area is 89.1 Å². The maximum absolute atomic E-state index is 5.36. The van der Waals surface area contributed by atoms with E-state index in [1.54, 1.807) is 12.3 Å². The van der Waals surface area contributed by atoms with Gasteiger partial charge in [0.05, 0.1) is 6.26 Å². The fourth-order valence-electron chi connectivity index (χ4n) is 0.936. The summed E-state index contributed by atoms with van der Waals surface area (Å²) in [7, 11) is 0. The third-order valence-electron chi connectivity index (χ3n) is 1.55. The molecule has 0 aromatic carbocycles. The van der Waals surface area contributed by atoms with Crippen molar-refractivity contribution in [3.8, 4) is 5.88 Å². The monoisotopic (exact) mass is 254 g/mol. The maximum atomic E-state index is 5.36. The first-order valence-corrected chi connectivity index (χ1v) is 4.76. The summed E-state index contributed by atoms with van der Waals surface area (Å²) < 4.78 is 11.2. The van der Waals surface area contributed by atoms with Gasteiger partial charge < -0.3 is 9.15 Å². The van der Waals surface area contributed by atoms with Crippen molar-refractivity contribution in [2.45, 2.75) is 6.61 Å². The molecular formula is C9H7BrN2O2. The predicted octanol–water partition coefficient (Wildman–Crippen LogP) is 2.41. The summed E-state index contributed by atoms with van der Waals surface area (Å²) in [5.41, 5.74) is 0. The molecule has 0 unspecified atom stereocenters. The number of nitrogens with zero attached hydrogens (tertiary/aromatic N) is 2. The van der Waals surface area contributed by atoms with E-state index >= 15 is 0 Å². The highest BCUT2D eigenvalue weighted by Gasteiger charge is 1.99. The van der Waals surface area contributed by atoms with Crippen molar-refractivity contribution in [1.82, 2.24) is 9.97 Å². The minimum absolute atomic E-state index is 0.371. The smallest absolute Gasteiger partial charge is 0.217 e. The molecule has 0 fully saturated rings. The Bertz CT molecular complexity index is 403. The van der Waals surface area contributed by atoms with E-state index in [0.717, 1.165) is 5.76 Å². The highest BCUT2D eigenvalue weighted by atomic mass is 79.9. The molecule has 0 aliphatic rings. The quantitative estimate of drug-likeness (QED) is 0.790. The normalized spacial score (nSPS) is 10.1. The van der Waals surface area contributed by atoms with Crippen LogP contribution in [0.25, 0.3) is 0 Å². The maximum Gasteiger partial charge on any atom is 0.217 e. The number of hydrogen-bond donors (Lipinski definition) is 0. The lowest BCUT2D eigenvalue weighted by atomic mass is 10.5. The molecule has 0 aliphatic heterocycles. The lowest BCUT2D eigenvalue weighted by molar-refractivity contribution is 0.260. The van der Waals surface area contributed by atoms with Gasteiger partial charge in [-0.1, -0.05) is 0 Å². The zero-order valence-electron chi connectivity index (χ0n) is 7.18. The van der Waals surface area contributed by atoms with E-state index in [2.05, 4.69) is 25.9 Å². The van der Waals surface area contributed by atoms with Gasteiger partial charge in [0.15, 0.2) is 0 Å². The molecule has 0 saturated heterocycles. The Morgan fingerprint density at radius 3 is 3.07 bits per heavy atom. The van der Waals surface area contributed by atoms with Crippen molar-refractivity contribution < 1.29 is 9.15 Å². The van der Waals surface area contributed by atoms with Gasteiger partial charge in [0.2, 0.25) is 5.88 Å². The summed E-state index contributed by atoms with van der Waals surface area (Å²) in [5.74, 6) is 1.28. The van der Waals surface area contributed by atoms with Crippen molar-refractivity contribution in [3.63, 3.8) is 0 Å². The van der Waals surface area contributed by atoms with Crippen LogP contribution in [0, 0.1) is 0 Å². The molecule has 0 spiro atoms. The third kappa shape index (κ3) is 2.32. The summed E-state index contributed by atoms with van der Waals surface area (Å²) >= 11 is 3.23. The van der Waals surface area contributed by atoms with Gasteiger partial charge in [0.1, 0.15) is 23.3 Å². The van der Waals surface area contributed by atoms with Gasteiger partial charge in [0.25, 0.3) is 0 Å². The number of aromatic nitrogens is 2. The molecule has 0 amide bonds. The molecule has 0 atom stereocenters. The molecule has 2 heterocycles. The minimum atomic E-state index is 0.371. The minimum Gasteiger partial charge on any atom is -0.469 e. The summed E-state index contributed by atoms with van der Waals surface area (Å²) in [6.45, 7) is 0.371. The highest BCUT2D eigenvalue weighted by molar-refractivity contribution is 9.10. The molecule has 0 N–H and O–H groups in total. The predicted molar refractivity (Wildman–Crippen MR) is 52.8 cm³/mol. The zero-order chi connectivity index (χ0) is 9.80. The Morgan fingerprint density at radius 2 is 2.36 bits per heavy atom. The van der Waals surface area contributed by atoms with Crippen LogP contribution >= 0.6 is 15.9 Å². The van der Waals surface area contributed by atoms with E-state index in [1.807, 2.05) is 12.1 Å². The summed E-state index contributed by atoms with van der Waals surface area (Å²) in [6.07, 6.45) is 3.04. The SMILES string of the molecule is Brc1cc(OCc2ccco2)ncn1. The highest BCUT2D eigenvalue weighted by Crippen LogP contribution is 2.13. The molecular weight excluding hydrogens is 248 g/mol. The van der Waals surface area contributed by atoms with Crippen LogP contribution in [0.3, 0.4) is 0 Å². The molecule has 0 bridgehead atoms. The van der Waals surface area contributed by atoms with Crippen molar-refractivity contribution in [3.05, 3.63) is 41.2 Å². The second-order valence-corrected chi connectivity index (χ2v) is 3.36. The average Bonchev–Trinajstić information content (AvgIpc) is 2.67. The lowest BCUT2D eigenvalue weighted by Gasteiger charge is -2.01. The van der Waals surface area contributed by atoms with Crippen LogP contribution in [-0.4, -0.2) is 9.97 Å². The molecule has 0 radical (unpaired) electrons. The topological polar surface area (TPSA) is 48.2 Å². The summed E-state index contributed by atoms with van der Waals surface area (Å²) in [6, 6.07) is 5.35. The molecule has 0 saturated carbocycles. The van der Waals surface area contributed by atoms with Crippen molar-refractivity contribution >= 4 is 15.9 Å². The van der Waals surface area contributed by atoms with Crippen molar-refractivity contribution in [1.29, 1.82) is 0 Å². The Morgan fingerprint density at radius 1 is 1.43 bits per heavy atom. The number of ether oxygens (including phenoxy) is 1. The molecule has 2 rings (SSSR count). The van der Waals surface area contributed by atoms with Gasteiger partial charge in [-0.3, -0.25) is 0 Å². The number of furan rings is 1. The molecule has 0 aliphatic carbocycles. The van der Waals surface area contributed by atoms with Crippen LogP contribution in [0.2, 0.25) is 0 Å². The molecule has 4 nitrogen and oxygen atoms in total. The van der Waals surface area contributed by atoms with Crippen molar-refractivity contribution in [2.75, 3.05) is 0 Å².